The Morgan fingerprint density at radius 2 is 1.92 bits per heavy atom. The zero-order valence-electron chi connectivity index (χ0n) is 19.6. The van der Waals surface area contributed by atoms with Gasteiger partial charge in [-0.25, -0.2) is 0 Å². The molecule has 3 N–H and O–H groups in total. The molecule has 2 aromatic carbocycles. The van der Waals surface area contributed by atoms with Crippen molar-refractivity contribution in [2.24, 2.45) is 5.11 Å². The van der Waals surface area contributed by atoms with E-state index in [1.54, 1.807) is 36.7 Å². The summed E-state index contributed by atoms with van der Waals surface area (Å²) in [5.74, 6) is -0.0208. The van der Waals surface area contributed by atoms with Gasteiger partial charge in [-0.1, -0.05) is 53.1 Å². The van der Waals surface area contributed by atoms with Gasteiger partial charge in [0.15, 0.2) is 12.0 Å². The number of benzene rings is 2. The Kier molecular flexibility index (Phi) is 6.28. The standard InChI is InChI=1S/C26H24ClN7O2/c1-26(2)31-24(30-19-4-3-13-29-14-19)21-20(15-5-9-17(27)10-6-15)23(36-25(21)32-26)22(35)16-7-11-18(12-8-16)33-34-28/h3-14,20,23-24,30-32H,1-2H3. The summed E-state index contributed by atoms with van der Waals surface area (Å²) in [5.41, 5.74) is 11.7. The highest BCUT2D eigenvalue weighted by Crippen LogP contribution is 2.44. The minimum absolute atomic E-state index is 0.184. The van der Waals surface area contributed by atoms with Crippen LogP contribution in [0, 0.1) is 0 Å². The number of nitrogens with zero attached hydrogens (tertiary/aromatic N) is 4. The molecule has 2 aliphatic rings. The molecule has 3 atom stereocenters. The van der Waals surface area contributed by atoms with Gasteiger partial charge >= 0.3 is 0 Å². The molecular formula is C26H24ClN7O2. The summed E-state index contributed by atoms with van der Waals surface area (Å²) < 4.78 is 6.37. The second-order valence-electron chi connectivity index (χ2n) is 9.17. The number of hydrogen-bond acceptors (Lipinski definition) is 7. The SMILES string of the molecule is CC1(C)NC2=C(C(Nc3cccnc3)N1)C(c1ccc(Cl)cc1)C(C(=O)c1ccc(N=[N+]=[N-])cc1)O2. The van der Waals surface area contributed by atoms with Gasteiger partial charge in [0.2, 0.25) is 5.78 Å². The minimum Gasteiger partial charge on any atom is -0.466 e. The van der Waals surface area contributed by atoms with E-state index in [-0.39, 0.29) is 11.9 Å². The molecule has 0 spiro atoms. The topological polar surface area (TPSA) is 124 Å². The van der Waals surface area contributed by atoms with Crippen molar-refractivity contribution in [1.29, 1.82) is 0 Å². The quantitative estimate of drug-likeness (QED) is 0.174. The van der Waals surface area contributed by atoms with Crippen LogP contribution < -0.4 is 16.0 Å². The highest BCUT2D eigenvalue weighted by molar-refractivity contribution is 6.30. The Morgan fingerprint density at radius 3 is 2.58 bits per heavy atom. The largest absolute Gasteiger partial charge is 0.466 e. The van der Waals surface area contributed by atoms with Gasteiger partial charge in [-0.2, -0.15) is 0 Å². The maximum absolute atomic E-state index is 13.8. The van der Waals surface area contributed by atoms with E-state index in [4.69, 9.17) is 21.9 Å². The average molecular weight is 502 g/mol. The summed E-state index contributed by atoms with van der Waals surface area (Å²) in [7, 11) is 0. The third kappa shape index (κ3) is 4.72. The fourth-order valence-electron chi connectivity index (χ4n) is 4.60. The van der Waals surface area contributed by atoms with Crippen molar-refractivity contribution in [3.05, 3.63) is 111 Å². The van der Waals surface area contributed by atoms with Gasteiger partial charge < -0.3 is 15.4 Å². The lowest BCUT2D eigenvalue weighted by Gasteiger charge is -2.40. The van der Waals surface area contributed by atoms with E-state index in [0.717, 1.165) is 16.8 Å². The molecule has 0 bridgehead atoms. The Hall–Kier alpha value is -4.04. The lowest BCUT2D eigenvalue weighted by Crippen LogP contribution is -2.62. The molecule has 0 aliphatic carbocycles. The molecule has 10 heteroatoms. The van der Waals surface area contributed by atoms with Crippen molar-refractivity contribution >= 4 is 28.8 Å². The second-order valence-corrected chi connectivity index (χ2v) is 9.60. The van der Waals surface area contributed by atoms with Crippen LogP contribution in [-0.4, -0.2) is 28.7 Å². The molecule has 3 heterocycles. The number of halogens is 1. The van der Waals surface area contributed by atoms with Crippen molar-refractivity contribution in [1.82, 2.24) is 15.6 Å². The summed E-state index contributed by atoms with van der Waals surface area (Å²) in [6.07, 6.45) is 2.30. The fourth-order valence-corrected chi connectivity index (χ4v) is 4.73. The summed E-state index contributed by atoms with van der Waals surface area (Å²) in [6, 6.07) is 17.8. The van der Waals surface area contributed by atoms with Crippen LogP contribution in [0.25, 0.3) is 10.4 Å². The van der Waals surface area contributed by atoms with Crippen molar-refractivity contribution in [3.63, 3.8) is 0 Å². The number of rotatable bonds is 6. The van der Waals surface area contributed by atoms with Crippen LogP contribution in [-0.2, 0) is 4.74 Å². The van der Waals surface area contributed by atoms with Crippen molar-refractivity contribution in [2.75, 3.05) is 5.32 Å². The normalized spacial score (nSPS) is 22.0. The van der Waals surface area contributed by atoms with E-state index < -0.39 is 17.7 Å². The van der Waals surface area contributed by atoms with Crippen LogP contribution in [0.5, 0.6) is 0 Å². The summed E-state index contributed by atoms with van der Waals surface area (Å²) in [4.78, 5) is 20.8. The number of carbonyl (C=O) groups excluding carboxylic acids is 1. The van der Waals surface area contributed by atoms with E-state index in [1.807, 2.05) is 50.2 Å². The minimum atomic E-state index is -0.817. The number of hydrogen-bond donors (Lipinski definition) is 3. The van der Waals surface area contributed by atoms with Crippen molar-refractivity contribution < 1.29 is 9.53 Å². The van der Waals surface area contributed by atoms with E-state index in [1.165, 1.54) is 0 Å². The maximum atomic E-state index is 13.8. The van der Waals surface area contributed by atoms with Crippen molar-refractivity contribution in [2.45, 2.75) is 37.7 Å². The molecule has 9 nitrogen and oxygen atoms in total. The van der Waals surface area contributed by atoms with Crippen LogP contribution in [0.15, 0.2) is 89.6 Å². The smallest absolute Gasteiger partial charge is 0.204 e. The lowest BCUT2D eigenvalue weighted by molar-refractivity contribution is 0.0620. The Balaban J connectivity index is 1.56. The zero-order valence-corrected chi connectivity index (χ0v) is 20.4. The Labute approximate surface area is 213 Å². The fraction of sp³-hybridized carbons (Fsp3) is 0.231. The number of ketones is 1. The second kappa shape index (κ2) is 9.54. The Morgan fingerprint density at radius 1 is 1.17 bits per heavy atom. The molecule has 0 saturated heterocycles. The zero-order chi connectivity index (χ0) is 25.3. The van der Waals surface area contributed by atoms with Gasteiger partial charge in [0.25, 0.3) is 0 Å². The molecule has 36 heavy (non-hydrogen) atoms. The maximum Gasteiger partial charge on any atom is 0.204 e. The number of aromatic nitrogens is 1. The molecular weight excluding hydrogens is 478 g/mol. The molecule has 182 valence electrons. The van der Waals surface area contributed by atoms with Gasteiger partial charge in [-0.3, -0.25) is 15.1 Å². The number of pyridine rings is 1. The molecule has 0 amide bonds. The number of nitrogens with one attached hydrogen (secondary N) is 3. The molecule has 5 rings (SSSR count). The van der Waals surface area contributed by atoms with Crippen LogP contribution in [0.2, 0.25) is 5.02 Å². The van der Waals surface area contributed by atoms with Crippen LogP contribution in [0.1, 0.15) is 35.7 Å². The summed E-state index contributed by atoms with van der Waals surface area (Å²) in [6.45, 7) is 4.00. The molecule has 3 unspecified atom stereocenters. The highest BCUT2D eigenvalue weighted by Gasteiger charge is 2.49. The van der Waals surface area contributed by atoms with Gasteiger partial charge in [0, 0.05) is 39.2 Å². The number of anilines is 1. The van der Waals surface area contributed by atoms with Crippen LogP contribution >= 0.6 is 11.6 Å². The van der Waals surface area contributed by atoms with Gasteiger partial charge in [0.1, 0.15) is 6.17 Å². The monoisotopic (exact) mass is 501 g/mol. The number of azide groups is 1. The van der Waals surface area contributed by atoms with E-state index in [9.17, 15) is 4.79 Å². The number of carbonyl (C=O) groups is 1. The van der Waals surface area contributed by atoms with Gasteiger partial charge in [-0.15, -0.1) is 0 Å². The summed E-state index contributed by atoms with van der Waals surface area (Å²) >= 11 is 6.18. The first-order valence-electron chi connectivity index (χ1n) is 11.4. The van der Waals surface area contributed by atoms with Gasteiger partial charge in [-0.05, 0) is 49.2 Å². The first-order valence-corrected chi connectivity index (χ1v) is 11.8. The molecule has 0 radical (unpaired) electrons. The highest BCUT2D eigenvalue weighted by atomic mass is 35.5. The first kappa shape index (κ1) is 23.7. The summed E-state index contributed by atoms with van der Waals surface area (Å²) in [5, 5.41) is 14.7. The van der Waals surface area contributed by atoms with Crippen molar-refractivity contribution in [3.8, 4) is 0 Å². The third-order valence-corrected chi connectivity index (χ3v) is 6.41. The molecule has 3 aromatic rings. The van der Waals surface area contributed by atoms with E-state index in [0.29, 0.717) is 22.2 Å². The average Bonchev–Trinajstić information content (AvgIpc) is 3.24. The predicted molar refractivity (Wildman–Crippen MR) is 138 cm³/mol. The van der Waals surface area contributed by atoms with E-state index in [2.05, 4.69) is 31.0 Å². The van der Waals surface area contributed by atoms with Crippen LogP contribution in [0.3, 0.4) is 0 Å². The van der Waals surface area contributed by atoms with E-state index >= 15 is 0 Å². The molecule has 1 aromatic heterocycles. The number of ether oxygens (including phenoxy) is 1. The first-order chi connectivity index (χ1) is 17.3. The van der Waals surface area contributed by atoms with Crippen LogP contribution in [0.4, 0.5) is 11.4 Å². The third-order valence-electron chi connectivity index (χ3n) is 6.16. The lowest BCUT2D eigenvalue weighted by atomic mass is 9.82. The number of Topliss-reactive ketones (excluding diaryl/α,β-unsaturated/α-hetero) is 1. The van der Waals surface area contributed by atoms with Gasteiger partial charge in [0.05, 0.1) is 17.3 Å². The Bertz CT molecular complexity index is 1350. The molecule has 2 aliphatic heterocycles. The molecule has 0 saturated carbocycles. The molecule has 0 fully saturated rings. The predicted octanol–water partition coefficient (Wildman–Crippen LogP) is 5.62.